The number of nitrogens with one attached hydrogen (secondary N) is 1. The van der Waals surface area contributed by atoms with E-state index >= 15 is 0 Å². The van der Waals surface area contributed by atoms with E-state index in [9.17, 15) is 0 Å². The summed E-state index contributed by atoms with van der Waals surface area (Å²) in [7, 11) is 2.09. The van der Waals surface area contributed by atoms with E-state index in [4.69, 9.17) is 0 Å². The van der Waals surface area contributed by atoms with Gasteiger partial charge in [0, 0.05) is 11.5 Å². The summed E-state index contributed by atoms with van der Waals surface area (Å²) >= 11 is 0. The molecule has 3 rings (SSSR count). The molecule has 0 amide bonds. The van der Waals surface area contributed by atoms with E-state index in [0.717, 1.165) is 0 Å². The van der Waals surface area contributed by atoms with Gasteiger partial charge in [-0.2, -0.15) is 0 Å². The summed E-state index contributed by atoms with van der Waals surface area (Å²) in [5.41, 5.74) is 3.10. The van der Waals surface area contributed by atoms with Crippen molar-refractivity contribution in [3.8, 4) is 0 Å². The van der Waals surface area contributed by atoms with Crippen LogP contribution in [0.3, 0.4) is 0 Å². The fraction of sp³-hybridized carbons (Fsp3) is 0.368. The van der Waals surface area contributed by atoms with E-state index in [1.807, 2.05) is 0 Å². The lowest BCUT2D eigenvalue weighted by atomic mass is 9.64. The lowest BCUT2D eigenvalue weighted by Crippen LogP contribution is -2.41. The molecule has 2 heteroatoms. The second-order valence-electron chi connectivity index (χ2n) is 5.90. The van der Waals surface area contributed by atoms with E-state index in [2.05, 4.69) is 73.0 Å². The maximum atomic E-state index is 3.50. The number of hydrogen-bond donors (Lipinski definition) is 1. The molecule has 1 aliphatic rings. The highest BCUT2D eigenvalue weighted by Crippen LogP contribution is 2.44. The minimum Gasteiger partial charge on any atom is -0.317 e. The molecule has 112 valence electrons. The van der Waals surface area contributed by atoms with Crippen LogP contribution in [-0.2, 0) is 5.41 Å². The molecule has 0 aliphatic heterocycles. The normalized spacial score (nSPS) is 20.5. The third-order valence-corrected chi connectivity index (χ3v) is 4.81. The van der Waals surface area contributed by atoms with Crippen molar-refractivity contribution in [2.75, 3.05) is 7.05 Å². The van der Waals surface area contributed by atoms with Gasteiger partial charge in [0.25, 0.3) is 0 Å². The van der Waals surface area contributed by atoms with Crippen molar-refractivity contribution in [1.29, 1.82) is 0 Å². The van der Waals surface area contributed by atoms with Crippen LogP contribution >= 0.6 is 12.4 Å². The first-order chi connectivity index (χ1) is 9.85. The van der Waals surface area contributed by atoms with Gasteiger partial charge in [0.2, 0.25) is 0 Å². The number of rotatable bonds is 3. The Bertz CT molecular complexity index is 499. The van der Waals surface area contributed by atoms with Crippen molar-refractivity contribution >= 4 is 12.4 Å². The molecule has 0 spiro atoms. The van der Waals surface area contributed by atoms with Crippen LogP contribution in [0.1, 0.15) is 36.8 Å². The smallest absolute Gasteiger partial charge is 0.0217 e. The summed E-state index contributed by atoms with van der Waals surface area (Å²) in [4.78, 5) is 0. The summed E-state index contributed by atoms with van der Waals surface area (Å²) in [6.45, 7) is 0. The van der Waals surface area contributed by atoms with E-state index < -0.39 is 0 Å². The second-order valence-corrected chi connectivity index (χ2v) is 5.90. The van der Waals surface area contributed by atoms with Gasteiger partial charge in [0.05, 0.1) is 0 Å². The van der Waals surface area contributed by atoms with Crippen molar-refractivity contribution < 1.29 is 0 Å². The Balaban J connectivity index is 0.00000161. The Morgan fingerprint density at radius 2 is 1.43 bits per heavy atom. The highest BCUT2D eigenvalue weighted by Gasteiger charge is 2.38. The van der Waals surface area contributed by atoms with E-state index in [-0.39, 0.29) is 17.8 Å². The minimum atomic E-state index is 0. The molecule has 0 aromatic heterocycles. The van der Waals surface area contributed by atoms with Crippen LogP contribution in [0, 0.1) is 0 Å². The Morgan fingerprint density at radius 3 is 1.90 bits per heavy atom. The third-order valence-electron chi connectivity index (χ3n) is 4.81. The van der Waals surface area contributed by atoms with Crippen LogP contribution in [0.4, 0.5) is 0 Å². The Hall–Kier alpha value is -1.31. The SMILES string of the molecule is CNC1CCCC(c2ccccc2)(c2ccccc2)C1.Cl. The molecular weight excluding hydrogens is 278 g/mol. The number of benzene rings is 2. The topological polar surface area (TPSA) is 12.0 Å². The maximum Gasteiger partial charge on any atom is 0.0217 e. The summed E-state index contributed by atoms with van der Waals surface area (Å²) in [5.74, 6) is 0. The van der Waals surface area contributed by atoms with Crippen LogP contribution < -0.4 is 5.32 Å². The van der Waals surface area contributed by atoms with Crippen LogP contribution in [0.5, 0.6) is 0 Å². The highest BCUT2D eigenvalue weighted by atomic mass is 35.5. The molecule has 1 unspecified atom stereocenters. The predicted octanol–water partition coefficient (Wildman–Crippen LogP) is 4.56. The molecule has 1 N–H and O–H groups in total. The minimum absolute atomic E-state index is 0. The van der Waals surface area contributed by atoms with E-state index in [1.165, 1.54) is 36.8 Å². The third kappa shape index (κ3) is 3.14. The van der Waals surface area contributed by atoms with Gasteiger partial charge in [-0.1, -0.05) is 67.1 Å². The molecule has 1 atom stereocenters. The van der Waals surface area contributed by atoms with Gasteiger partial charge in [0.1, 0.15) is 0 Å². The number of hydrogen-bond acceptors (Lipinski definition) is 1. The van der Waals surface area contributed by atoms with Crippen LogP contribution in [-0.4, -0.2) is 13.1 Å². The fourth-order valence-electron chi connectivity index (χ4n) is 3.73. The molecule has 0 saturated heterocycles. The van der Waals surface area contributed by atoms with Crippen molar-refractivity contribution in [3.05, 3.63) is 71.8 Å². The Labute approximate surface area is 134 Å². The standard InChI is InChI=1S/C19H23N.ClH/c1-20-18-13-8-14-19(15-18,16-9-4-2-5-10-16)17-11-6-3-7-12-17;/h2-7,9-12,18,20H,8,13-15H2,1H3;1H. The first kappa shape index (κ1) is 16.1. The van der Waals surface area contributed by atoms with Gasteiger partial charge >= 0.3 is 0 Å². The predicted molar refractivity (Wildman–Crippen MR) is 92.2 cm³/mol. The molecule has 1 saturated carbocycles. The van der Waals surface area contributed by atoms with Gasteiger partial charge < -0.3 is 5.32 Å². The molecule has 21 heavy (non-hydrogen) atoms. The molecule has 1 aliphatic carbocycles. The molecule has 0 heterocycles. The van der Waals surface area contributed by atoms with Crippen molar-refractivity contribution in [2.45, 2.75) is 37.1 Å². The molecule has 1 fully saturated rings. The van der Waals surface area contributed by atoms with E-state index in [0.29, 0.717) is 6.04 Å². The summed E-state index contributed by atoms with van der Waals surface area (Å²) in [5, 5.41) is 3.50. The Kier molecular flexibility index (Phi) is 5.44. The highest BCUT2D eigenvalue weighted by molar-refractivity contribution is 5.85. The van der Waals surface area contributed by atoms with Crippen LogP contribution in [0.15, 0.2) is 60.7 Å². The molecular formula is C19H24ClN. The Morgan fingerprint density at radius 1 is 0.905 bits per heavy atom. The first-order valence-electron chi connectivity index (χ1n) is 7.63. The van der Waals surface area contributed by atoms with Gasteiger partial charge in [-0.3, -0.25) is 0 Å². The first-order valence-corrected chi connectivity index (χ1v) is 7.63. The van der Waals surface area contributed by atoms with Crippen molar-refractivity contribution in [2.24, 2.45) is 0 Å². The van der Waals surface area contributed by atoms with Crippen molar-refractivity contribution in [3.63, 3.8) is 0 Å². The van der Waals surface area contributed by atoms with Gasteiger partial charge in [-0.15, -0.1) is 12.4 Å². The average molecular weight is 302 g/mol. The molecule has 0 bridgehead atoms. The average Bonchev–Trinajstić information content (AvgIpc) is 2.56. The molecule has 1 nitrogen and oxygen atoms in total. The van der Waals surface area contributed by atoms with Crippen LogP contribution in [0.2, 0.25) is 0 Å². The molecule has 2 aromatic carbocycles. The van der Waals surface area contributed by atoms with E-state index in [1.54, 1.807) is 0 Å². The maximum absolute atomic E-state index is 3.50. The van der Waals surface area contributed by atoms with Gasteiger partial charge in [-0.25, -0.2) is 0 Å². The quantitative estimate of drug-likeness (QED) is 0.876. The lowest BCUT2D eigenvalue weighted by molar-refractivity contribution is 0.285. The second kappa shape index (κ2) is 7.11. The molecule has 2 aromatic rings. The molecule has 0 radical (unpaired) electrons. The largest absolute Gasteiger partial charge is 0.317 e. The zero-order valence-electron chi connectivity index (χ0n) is 12.6. The van der Waals surface area contributed by atoms with Gasteiger partial charge in [0.15, 0.2) is 0 Å². The summed E-state index contributed by atoms with van der Waals surface area (Å²) in [6, 6.07) is 22.7. The van der Waals surface area contributed by atoms with Crippen LogP contribution in [0.25, 0.3) is 0 Å². The summed E-state index contributed by atoms with van der Waals surface area (Å²) < 4.78 is 0. The lowest BCUT2D eigenvalue weighted by Gasteiger charge is -2.42. The fourth-order valence-corrected chi connectivity index (χ4v) is 3.73. The monoisotopic (exact) mass is 301 g/mol. The number of halogens is 1. The van der Waals surface area contributed by atoms with Crippen molar-refractivity contribution in [1.82, 2.24) is 5.32 Å². The van der Waals surface area contributed by atoms with Gasteiger partial charge in [-0.05, 0) is 37.4 Å². The zero-order chi connectivity index (χ0) is 13.8. The summed E-state index contributed by atoms with van der Waals surface area (Å²) in [6.07, 6.45) is 5.02. The zero-order valence-corrected chi connectivity index (χ0v) is 13.4.